The molecule has 3 N–H and O–H groups in total. The van der Waals surface area contributed by atoms with E-state index in [0.717, 1.165) is 25.7 Å². The quantitative estimate of drug-likeness (QED) is 0.812. The Morgan fingerprint density at radius 2 is 1.75 bits per heavy atom. The molecule has 0 saturated heterocycles. The summed E-state index contributed by atoms with van der Waals surface area (Å²) in [5.74, 6) is -0.0602. The van der Waals surface area contributed by atoms with Crippen molar-refractivity contribution in [3.05, 3.63) is 0 Å². The Morgan fingerprint density at radius 3 is 2.15 bits per heavy atom. The van der Waals surface area contributed by atoms with Crippen molar-refractivity contribution in [2.45, 2.75) is 52.5 Å². The van der Waals surface area contributed by atoms with Crippen LogP contribution in [-0.2, 0) is 9.59 Å². The molecule has 0 spiro atoms. The van der Waals surface area contributed by atoms with Crippen LogP contribution in [0.15, 0.2) is 0 Å². The molecule has 0 heterocycles. The van der Waals surface area contributed by atoms with E-state index in [-0.39, 0.29) is 17.2 Å². The van der Waals surface area contributed by atoms with Gasteiger partial charge in [0.2, 0.25) is 11.8 Å². The maximum absolute atomic E-state index is 12.4. The van der Waals surface area contributed by atoms with Crippen LogP contribution in [0.5, 0.6) is 0 Å². The summed E-state index contributed by atoms with van der Waals surface area (Å²) in [5, 5.41) is 2.90. The minimum absolute atomic E-state index is 0.111. The van der Waals surface area contributed by atoms with E-state index in [9.17, 15) is 9.59 Å². The Labute approximate surface area is 122 Å². The number of rotatable bonds is 4. The lowest BCUT2D eigenvalue weighted by Crippen LogP contribution is -2.53. The number of nitrogens with zero attached hydrogens (tertiary/aromatic N) is 1. The van der Waals surface area contributed by atoms with Crippen molar-refractivity contribution >= 4 is 11.8 Å². The van der Waals surface area contributed by atoms with Gasteiger partial charge < -0.3 is 16.0 Å². The third kappa shape index (κ3) is 3.72. The average Bonchev–Trinajstić information content (AvgIpc) is 2.82. The zero-order valence-corrected chi connectivity index (χ0v) is 13.5. The second-order valence-corrected chi connectivity index (χ2v) is 7.25. The number of amides is 2. The minimum atomic E-state index is -0.560. The normalized spacial score (nSPS) is 19.5. The molecule has 0 aromatic heterocycles. The van der Waals surface area contributed by atoms with Gasteiger partial charge in [-0.15, -0.1) is 0 Å². The predicted molar refractivity (Wildman–Crippen MR) is 80.0 cm³/mol. The van der Waals surface area contributed by atoms with E-state index in [4.69, 9.17) is 5.73 Å². The lowest BCUT2D eigenvalue weighted by atomic mass is 9.83. The van der Waals surface area contributed by atoms with Gasteiger partial charge in [0.05, 0.1) is 11.5 Å². The van der Waals surface area contributed by atoms with Crippen LogP contribution in [-0.4, -0.2) is 43.4 Å². The molecule has 0 aliphatic heterocycles. The van der Waals surface area contributed by atoms with Gasteiger partial charge in [-0.2, -0.15) is 0 Å². The molecule has 0 aromatic carbocycles. The zero-order valence-electron chi connectivity index (χ0n) is 13.5. The van der Waals surface area contributed by atoms with Crippen LogP contribution in [0, 0.1) is 10.8 Å². The molecule has 0 radical (unpaired) electrons. The summed E-state index contributed by atoms with van der Waals surface area (Å²) in [6.07, 6.45) is 3.77. The largest absolute Gasteiger partial charge is 0.354 e. The number of carbonyl (C=O) groups is 2. The first-order valence-corrected chi connectivity index (χ1v) is 7.35. The highest BCUT2D eigenvalue weighted by Gasteiger charge is 2.42. The molecule has 1 aliphatic carbocycles. The summed E-state index contributed by atoms with van der Waals surface area (Å²) < 4.78 is 0. The Balaban J connectivity index is 2.70. The molecule has 20 heavy (non-hydrogen) atoms. The highest BCUT2D eigenvalue weighted by molar-refractivity contribution is 5.85. The van der Waals surface area contributed by atoms with Gasteiger partial charge in [0.15, 0.2) is 0 Å². The molecular weight excluding hydrogens is 254 g/mol. The van der Waals surface area contributed by atoms with Crippen molar-refractivity contribution in [2.75, 3.05) is 20.6 Å². The van der Waals surface area contributed by atoms with Crippen molar-refractivity contribution in [2.24, 2.45) is 16.6 Å². The molecule has 0 aromatic rings. The fourth-order valence-electron chi connectivity index (χ4n) is 2.75. The summed E-state index contributed by atoms with van der Waals surface area (Å²) in [4.78, 5) is 26.1. The number of hydrogen-bond donors (Lipinski definition) is 2. The summed E-state index contributed by atoms with van der Waals surface area (Å²) in [6, 6.07) is -0.560. The van der Waals surface area contributed by atoms with Gasteiger partial charge in [-0.1, -0.05) is 33.6 Å². The first-order valence-electron chi connectivity index (χ1n) is 7.35. The summed E-state index contributed by atoms with van der Waals surface area (Å²) in [5.41, 5.74) is 5.24. The first kappa shape index (κ1) is 17.0. The Morgan fingerprint density at radius 1 is 1.25 bits per heavy atom. The van der Waals surface area contributed by atoms with Crippen molar-refractivity contribution in [1.82, 2.24) is 10.2 Å². The topological polar surface area (TPSA) is 75.4 Å². The van der Waals surface area contributed by atoms with E-state index < -0.39 is 11.5 Å². The maximum Gasteiger partial charge on any atom is 0.237 e. The van der Waals surface area contributed by atoms with E-state index >= 15 is 0 Å². The number of carbonyl (C=O) groups excluding carboxylic acids is 2. The second-order valence-electron chi connectivity index (χ2n) is 7.25. The highest BCUT2D eigenvalue weighted by atomic mass is 16.2. The molecule has 5 heteroatoms. The molecule has 2 amide bonds. The molecule has 0 unspecified atom stereocenters. The van der Waals surface area contributed by atoms with Crippen molar-refractivity contribution in [3.8, 4) is 0 Å². The van der Waals surface area contributed by atoms with Crippen LogP contribution in [0.4, 0.5) is 0 Å². The average molecular weight is 283 g/mol. The molecule has 0 bridgehead atoms. The molecule has 1 atom stereocenters. The van der Waals surface area contributed by atoms with E-state index in [1.807, 2.05) is 20.8 Å². The third-order valence-electron chi connectivity index (χ3n) is 4.24. The summed E-state index contributed by atoms with van der Waals surface area (Å²) in [7, 11) is 3.54. The van der Waals surface area contributed by atoms with Gasteiger partial charge in [-0.3, -0.25) is 9.59 Å². The van der Waals surface area contributed by atoms with Crippen molar-refractivity contribution in [3.63, 3.8) is 0 Å². The molecule has 116 valence electrons. The van der Waals surface area contributed by atoms with Crippen LogP contribution in [0.25, 0.3) is 0 Å². The van der Waals surface area contributed by atoms with Crippen LogP contribution < -0.4 is 11.1 Å². The van der Waals surface area contributed by atoms with E-state index in [1.54, 1.807) is 19.0 Å². The van der Waals surface area contributed by atoms with Crippen molar-refractivity contribution < 1.29 is 9.59 Å². The van der Waals surface area contributed by atoms with Gasteiger partial charge >= 0.3 is 0 Å². The van der Waals surface area contributed by atoms with Gasteiger partial charge in [0, 0.05) is 20.6 Å². The van der Waals surface area contributed by atoms with Crippen LogP contribution in [0.2, 0.25) is 0 Å². The second kappa shape index (κ2) is 6.12. The molecule has 1 aliphatic rings. The number of hydrogen-bond acceptors (Lipinski definition) is 3. The first-order chi connectivity index (χ1) is 9.10. The molecular formula is C15H29N3O2. The molecule has 1 fully saturated rings. The van der Waals surface area contributed by atoms with Crippen LogP contribution in [0.1, 0.15) is 46.5 Å². The Kier molecular flexibility index (Phi) is 5.19. The lowest BCUT2D eigenvalue weighted by Gasteiger charge is -2.32. The highest BCUT2D eigenvalue weighted by Crippen LogP contribution is 2.39. The molecule has 1 saturated carbocycles. The third-order valence-corrected chi connectivity index (χ3v) is 4.24. The molecule has 1 rings (SSSR count). The van der Waals surface area contributed by atoms with E-state index in [1.165, 1.54) is 0 Å². The minimum Gasteiger partial charge on any atom is -0.354 e. The SMILES string of the molecule is CN(C)C(=O)C1(CNC(=O)[C@@H](N)C(C)(C)C)CCCC1. The standard InChI is InChI=1S/C15H29N3O2/c1-14(2,3)11(16)12(19)17-10-15(8-6-7-9-15)13(20)18(4)5/h11H,6-10,16H2,1-5H3,(H,17,19)/t11-/m1/s1. The smallest absolute Gasteiger partial charge is 0.237 e. The van der Waals surface area contributed by atoms with Crippen molar-refractivity contribution in [1.29, 1.82) is 0 Å². The Hall–Kier alpha value is -1.10. The zero-order chi connectivity index (χ0) is 15.6. The van der Waals surface area contributed by atoms with Crippen LogP contribution in [0.3, 0.4) is 0 Å². The van der Waals surface area contributed by atoms with E-state index in [2.05, 4.69) is 5.32 Å². The van der Waals surface area contributed by atoms with Gasteiger partial charge in [-0.25, -0.2) is 0 Å². The summed E-state index contributed by atoms with van der Waals surface area (Å²) in [6.45, 7) is 6.21. The lowest BCUT2D eigenvalue weighted by molar-refractivity contribution is -0.139. The van der Waals surface area contributed by atoms with Crippen LogP contribution >= 0.6 is 0 Å². The molecule has 5 nitrogen and oxygen atoms in total. The van der Waals surface area contributed by atoms with Gasteiger partial charge in [0.25, 0.3) is 0 Å². The predicted octanol–water partition coefficient (Wildman–Crippen LogP) is 1.12. The maximum atomic E-state index is 12.4. The van der Waals surface area contributed by atoms with Gasteiger partial charge in [0.1, 0.15) is 0 Å². The monoisotopic (exact) mass is 283 g/mol. The fraction of sp³-hybridized carbons (Fsp3) is 0.867. The fourth-order valence-corrected chi connectivity index (χ4v) is 2.75. The number of nitrogens with one attached hydrogen (secondary N) is 1. The van der Waals surface area contributed by atoms with Gasteiger partial charge in [-0.05, 0) is 18.3 Å². The summed E-state index contributed by atoms with van der Waals surface area (Å²) >= 11 is 0. The van der Waals surface area contributed by atoms with E-state index in [0.29, 0.717) is 6.54 Å². The Bertz CT molecular complexity index is 366. The number of nitrogens with two attached hydrogens (primary N) is 1.